The maximum absolute atomic E-state index is 12.8. The number of hydrogen-bond acceptors (Lipinski definition) is 5. The molecule has 4 rings (SSSR count). The van der Waals surface area contributed by atoms with Crippen molar-refractivity contribution >= 4 is 22.0 Å². The van der Waals surface area contributed by atoms with E-state index in [4.69, 9.17) is 9.47 Å². The molecule has 2 aromatic rings. The molecule has 1 saturated heterocycles. The number of nitrogens with zero attached hydrogens (tertiary/aromatic N) is 2. The lowest BCUT2D eigenvalue weighted by atomic mass is 10.2. The zero-order valence-electron chi connectivity index (χ0n) is 16.1. The minimum absolute atomic E-state index is 0.143. The van der Waals surface area contributed by atoms with Crippen LogP contribution in [-0.4, -0.2) is 56.5 Å². The molecule has 0 saturated carbocycles. The van der Waals surface area contributed by atoms with Crippen LogP contribution in [0.1, 0.15) is 11.1 Å². The van der Waals surface area contributed by atoms with Gasteiger partial charge in [0.15, 0.2) is 11.5 Å². The first kappa shape index (κ1) is 19.5. The van der Waals surface area contributed by atoms with Crippen molar-refractivity contribution < 1.29 is 22.7 Å². The van der Waals surface area contributed by atoms with Crippen molar-refractivity contribution in [2.45, 2.75) is 11.8 Å². The van der Waals surface area contributed by atoms with Gasteiger partial charge in [0, 0.05) is 32.3 Å². The van der Waals surface area contributed by atoms with E-state index in [0.29, 0.717) is 24.6 Å². The minimum atomic E-state index is -3.54. The highest BCUT2D eigenvalue weighted by atomic mass is 32.2. The molecule has 152 valence electrons. The Bertz CT molecular complexity index is 1040. The number of rotatable bonds is 4. The number of amides is 1. The molecule has 0 N–H and O–H groups in total. The standard InChI is InChI=1S/C21H22N2O5S/c1-16-2-6-18(7-3-16)29(25,26)23-12-10-22(11-13-23)21(24)9-5-17-4-8-19-20(14-17)28-15-27-19/h2-9,14H,10-13,15H2,1H3/b9-5+. The molecule has 29 heavy (non-hydrogen) atoms. The first-order chi connectivity index (χ1) is 13.9. The van der Waals surface area contributed by atoms with Crippen LogP contribution in [0.4, 0.5) is 0 Å². The van der Waals surface area contributed by atoms with E-state index in [1.807, 2.05) is 19.1 Å². The summed E-state index contributed by atoms with van der Waals surface area (Å²) in [6.07, 6.45) is 3.22. The molecule has 1 fully saturated rings. The molecule has 2 aromatic carbocycles. The van der Waals surface area contributed by atoms with E-state index < -0.39 is 10.0 Å². The summed E-state index contributed by atoms with van der Waals surface area (Å²) in [5.41, 5.74) is 1.84. The molecule has 0 bridgehead atoms. The van der Waals surface area contributed by atoms with Gasteiger partial charge in [-0.25, -0.2) is 8.42 Å². The molecule has 0 atom stereocenters. The van der Waals surface area contributed by atoms with Gasteiger partial charge in [-0.3, -0.25) is 4.79 Å². The fourth-order valence-electron chi connectivity index (χ4n) is 3.30. The summed E-state index contributed by atoms with van der Waals surface area (Å²) < 4.78 is 37.6. The maximum atomic E-state index is 12.8. The van der Waals surface area contributed by atoms with Gasteiger partial charge in [0.25, 0.3) is 0 Å². The molecule has 7 nitrogen and oxygen atoms in total. The predicted molar refractivity (Wildman–Crippen MR) is 108 cm³/mol. The van der Waals surface area contributed by atoms with Crippen LogP contribution in [0.2, 0.25) is 0 Å². The van der Waals surface area contributed by atoms with Crippen LogP contribution >= 0.6 is 0 Å². The molecule has 0 aromatic heterocycles. The van der Waals surface area contributed by atoms with Crippen LogP contribution in [0.3, 0.4) is 0 Å². The lowest BCUT2D eigenvalue weighted by molar-refractivity contribution is -0.127. The third kappa shape index (κ3) is 4.13. The molecule has 1 amide bonds. The van der Waals surface area contributed by atoms with Gasteiger partial charge < -0.3 is 14.4 Å². The summed E-state index contributed by atoms with van der Waals surface area (Å²) >= 11 is 0. The van der Waals surface area contributed by atoms with E-state index in [2.05, 4.69) is 0 Å². The van der Waals surface area contributed by atoms with Crippen molar-refractivity contribution in [3.63, 3.8) is 0 Å². The van der Waals surface area contributed by atoms with Crippen molar-refractivity contribution in [2.24, 2.45) is 0 Å². The van der Waals surface area contributed by atoms with Crippen LogP contribution in [0, 0.1) is 6.92 Å². The zero-order chi connectivity index (χ0) is 20.4. The van der Waals surface area contributed by atoms with Crippen molar-refractivity contribution in [3.8, 4) is 11.5 Å². The number of ether oxygens (including phenoxy) is 2. The Morgan fingerprint density at radius 1 is 0.966 bits per heavy atom. The average molecular weight is 414 g/mol. The number of fused-ring (bicyclic) bond motifs is 1. The maximum Gasteiger partial charge on any atom is 0.246 e. The highest BCUT2D eigenvalue weighted by molar-refractivity contribution is 7.89. The van der Waals surface area contributed by atoms with Gasteiger partial charge >= 0.3 is 0 Å². The van der Waals surface area contributed by atoms with Crippen LogP contribution in [0.25, 0.3) is 6.08 Å². The Morgan fingerprint density at radius 3 is 2.38 bits per heavy atom. The van der Waals surface area contributed by atoms with Gasteiger partial charge in [0.2, 0.25) is 22.7 Å². The van der Waals surface area contributed by atoms with E-state index in [1.54, 1.807) is 41.3 Å². The number of sulfonamides is 1. The van der Waals surface area contributed by atoms with Gasteiger partial charge in [0.1, 0.15) is 0 Å². The second-order valence-corrected chi connectivity index (χ2v) is 8.93. The van der Waals surface area contributed by atoms with Crippen molar-refractivity contribution in [3.05, 3.63) is 59.7 Å². The molecular formula is C21H22N2O5S. The summed E-state index contributed by atoms with van der Waals surface area (Å²) in [7, 11) is -3.54. The summed E-state index contributed by atoms with van der Waals surface area (Å²) in [5.74, 6) is 1.21. The average Bonchev–Trinajstić information content (AvgIpc) is 3.20. The molecule has 8 heteroatoms. The van der Waals surface area contributed by atoms with E-state index in [-0.39, 0.29) is 30.7 Å². The number of hydrogen-bond donors (Lipinski definition) is 0. The second kappa shape index (κ2) is 7.88. The van der Waals surface area contributed by atoms with Crippen molar-refractivity contribution in [2.75, 3.05) is 33.0 Å². The Morgan fingerprint density at radius 2 is 1.66 bits per heavy atom. The SMILES string of the molecule is Cc1ccc(S(=O)(=O)N2CCN(C(=O)/C=C/c3ccc4c(c3)OCO4)CC2)cc1. The van der Waals surface area contributed by atoms with Gasteiger partial charge in [-0.2, -0.15) is 4.31 Å². The molecule has 2 aliphatic rings. The molecular weight excluding hydrogens is 392 g/mol. The number of benzene rings is 2. The minimum Gasteiger partial charge on any atom is -0.454 e. The molecule has 0 spiro atoms. The fourth-order valence-corrected chi connectivity index (χ4v) is 4.72. The van der Waals surface area contributed by atoms with E-state index in [9.17, 15) is 13.2 Å². The normalized spacial score (nSPS) is 17.1. The predicted octanol–water partition coefficient (Wildman–Crippen LogP) is 2.27. The highest BCUT2D eigenvalue weighted by Crippen LogP contribution is 2.32. The summed E-state index contributed by atoms with van der Waals surface area (Å²) in [6.45, 7) is 3.39. The van der Waals surface area contributed by atoms with Crippen LogP contribution in [0.15, 0.2) is 53.4 Å². The summed E-state index contributed by atoms with van der Waals surface area (Å²) in [5, 5.41) is 0. The molecule has 0 aliphatic carbocycles. The number of carbonyl (C=O) groups excluding carboxylic acids is 1. The lowest BCUT2D eigenvalue weighted by Gasteiger charge is -2.33. The second-order valence-electron chi connectivity index (χ2n) is 6.99. The number of piperazine rings is 1. The first-order valence-electron chi connectivity index (χ1n) is 9.37. The Balaban J connectivity index is 1.36. The van der Waals surface area contributed by atoms with Gasteiger partial charge in [-0.1, -0.05) is 23.8 Å². The van der Waals surface area contributed by atoms with Gasteiger partial charge in [0.05, 0.1) is 4.90 Å². The molecule has 0 radical (unpaired) electrons. The zero-order valence-corrected chi connectivity index (χ0v) is 16.9. The van der Waals surface area contributed by atoms with Gasteiger partial charge in [-0.15, -0.1) is 0 Å². The third-order valence-electron chi connectivity index (χ3n) is 5.02. The topological polar surface area (TPSA) is 76.2 Å². The quantitative estimate of drug-likeness (QED) is 0.718. The van der Waals surface area contributed by atoms with E-state index >= 15 is 0 Å². The van der Waals surface area contributed by atoms with Gasteiger partial charge in [-0.05, 0) is 42.8 Å². The number of carbonyl (C=O) groups is 1. The summed E-state index contributed by atoms with van der Waals surface area (Å²) in [4.78, 5) is 14.4. The Kier molecular flexibility index (Phi) is 5.29. The largest absolute Gasteiger partial charge is 0.454 e. The van der Waals surface area contributed by atoms with E-state index in [0.717, 1.165) is 11.1 Å². The fraction of sp³-hybridized carbons (Fsp3) is 0.286. The van der Waals surface area contributed by atoms with Crippen molar-refractivity contribution in [1.29, 1.82) is 0 Å². The molecule has 2 aliphatic heterocycles. The van der Waals surface area contributed by atoms with Crippen molar-refractivity contribution in [1.82, 2.24) is 9.21 Å². The smallest absolute Gasteiger partial charge is 0.246 e. The first-order valence-corrected chi connectivity index (χ1v) is 10.8. The third-order valence-corrected chi connectivity index (χ3v) is 6.94. The highest BCUT2D eigenvalue weighted by Gasteiger charge is 2.29. The molecule has 2 heterocycles. The summed E-state index contributed by atoms with van der Waals surface area (Å²) in [6, 6.07) is 12.3. The Hall–Kier alpha value is -2.84. The number of aryl methyl sites for hydroxylation is 1. The van der Waals surface area contributed by atoms with Crippen LogP contribution in [-0.2, 0) is 14.8 Å². The van der Waals surface area contributed by atoms with E-state index in [1.165, 1.54) is 10.4 Å². The van der Waals surface area contributed by atoms with Crippen LogP contribution in [0.5, 0.6) is 11.5 Å². The monoisotopic (exact) mass is 414 g/mol. The molecule has 0 unspecified atom stereocenters. The lowest BCUT2D eigenvalue weighted by Crippen LogP contribution is -2.50. The Labute approximate surface area is 170 Å². The van der Waals surface area contributed by atoms with Crippen LogP contribution < -0.4 is 9.47 Å².